The molecule has 0 bridgehead atoms. The van der Waals surface area contributed by atoms with Crippen molar-refractivity contribution in [2.45, 2.75) is 55.6 Å². The van der Waals surface area contributed by atoms with Crippen molar-refractivity contribution in [2.24, 2.45) is 0 Å². The fraction of sp³-hybridized carbons (Fsp3) is 0.524. The smallest absolute Gasteiger partial charge is 0.325 e. The number of nitrogen functional groups attached to an aromatic ring is 2. The Morgan fingerprint density at radius 3 is 2.49 bits per heavy atom. The summed E-state index contributed by atoms with van der Waals surface area (Å²) in [5, 5.41) is 19.9. The monoisotopic (exact) mass is 646 g/mol. The van der Waals surface area contributed by atoms with Crippen molar-refractivity contribution in [1.29, 1.82) is 0 Å². The van der Waals surface area contributed by atoms with Gasteiger partial charge in [-0.05, 0) is 18.2 Å². The average molecular weight is 647 g/mol. The Kier molecular flexibility index (Phi) is 7.85. The van der Waals surface area contributed by atoms with Gasteiger partial charge in [-0.3, -0.25) is 23.4 Å². The predicted octanol–water partition coefficient (Wildman–Crippen LogP) is -1.04. The van der Waals surface area contributed by atoms with Gasteiger partial charge < -0.3 is 40.6 Å². The molecule has 43 heavy (non-hydrogen) atoms. The van der Waals surface area contributed by atoms with Crippen LogP contribution in [-0.2, 0) is 30.3 Å². The van der Waals surface area contributed by atoms with Gasteiger partial charge in [0, 0.05) is 6.61 Å². The number of aliphatic hydroxyl groups is 2. The number of anilines is 2. The number of nitrogens with one attached hydrogen (secondary N) is 1. The topological polar surface area (TPSA) is 257 Å². The number of halogens is 2. The number of imidazole rings is 2. The zero-order chi connectivity index (χ0) is 30.6. The molecule has 8 N–H and O–H groups in total. The molecular weight excluding hydrogens is 621 g/mol. The number of hydrogen-bond donors (Lipinski definition) is 6. The summed E-state index contributed by atoms with van der Waals surface area (Å²) in [5.41, 5.74) is 10.9. The Morgan fingerprint density at radius 1 is 1.05 bits per heavy atom. The minimum Gasteiger partial charge on any atom is -0.396 e. The van der Waals surface area contributed by atoms with Gasteiger partial charge in [0.1, 0.15) is 30.2 Å². The molecule has 9 atom stereocenters. The third-order valence-electron chi connectivity index (χ3n) is 7.01. The number of nitrogens with zero attached hydrogens (tertiary/aromatic N) is 7. The van der Waals surface area contributed by atoms with E-state index >= 15 is 8.78 Å². The van der Waals surface area contributed by atoms with Crippen LogP contribution in [0.5, 0.6) is 0 Å². The van der Waals surface area contributed by atoms with Crippen molar-refractivity contribution < 1.29 is 42.4 Å². The third kappa shape index (κ3) is 5.36. The van der Waals surface area contributed by atoms with Crippen LogP contribution in [0.3, 0.4) is 0 Å². The number of hydrogen-bond acceptors (Lipinski definition) is 15. The SMILES string of the molecule is Nc1nc2c(ncn2[C@@H]2O[C@H](CCO)[C@@H](F)[C@H]2OP(O)(=S)OCC2O[C@@H](n3cnc4c(N)ncnc43)[C@@H](F)[C@@H]2O)c(=O)[nH]1. The number of ether oxygens (including phenoxy) is 2. The molecule has 22 heteroatoms. The van der Waals surface area contributed by atoms with Crippen molar-refractivity contribution in [3.05, 3.63) is 29.3 Å². The van der Waals surface area contributed by atoms with E-state index in [1.54, 1.807) is 0 Å². The molecule has 6 rings (SSSR count). The van der Waals surface area contributed by atoms with E-state index < -0.39 is 74.7 Å². The molecule has 2 unspecified atom stereocenters. The Bertz CT molecular complexity index is 1760. The van der Waals surface area contributed by atoms with Gasteiger partial charge in [-0.2, -0.15) is 4.98 Å². The molecule has 0 radical (unpaired) electrons. The lowest BCUT2D eigenvalue weighted by molar-refractivity contribution is -0.0522. The van der Waals surface area contributed by atoms with E-state index in [1.807, 2.05) is 0 Å². The molecule has 18 nitrogen and oxygen atoms in total. The zero-order valence-corrected chi connectivity index (χ0v) is 23.5. The lowest BCUT2D eigenvalue weighted by atomic mass is 10.1. The molecule has 0 saturated carbocycles. The van der Waals surface area contributed by atoms with Crippen LogP contribution >= 0.6 is 6.72 Å². The number of alkyl halides is 2. The maximum Gasteiger partial charge on any atom is 0.325 e. The molecule has 2 fully saturated rings. The largest absolute Gasteiger partial charge is 0.396 e. The minimum absolute atomic E-state index is 0.0621. The van der Waals surface area contributed by atoms with Crippen LogP contribution in [0, 0.1) is 0 Å². The molecule has 6 heterocycles. The molecule has 0 aromatic carbocycles. The molecule has 2 aliphatic heterocycles. The van der Waals surface area contributed by atoms with E-state index in [1.165, 1.54) is 15.5 Å². The highest BCUT2D eigenvalue weighted by Gasteiger charge is 2.50. The number of nitrogens with two attached hydrogens (primary N) is 2. The van der Waals surface area contributed by atoms with Crippen LogP contribution in [-0.4, -0.2) is 104 Å². The lowest BCUT2D eigenvalue weighted by Gasteiger charge is -2.26. The van der Waals surface area contributed by atoms with E-state index in [0.29, 0.717) is 0 Å². The Labute approximate surface area is 243 Å². The first-order valence-corrected chi connectivity index (χ1v) is 15.3. The standard InChI is InChI=1S/C21H25F2N10O8PS/c22-9-7(1-2-34)39-20(33-6-29-12-17(33)30-21(25)31-18(12)36)14(9)41-42(37,43)38-3-8-13(35)10(23)19(40-8)32-5-28-11-15(24)26-4-27-16(11)32/h4-10,13-14,19-20,34-35H,1-3H2,(H,37,43)(H2,24,26,27)(H3,25,30,31,36)/t7-,8?,9-,10+,13-,14-,19-,20-,42?/m1/s1. The molecule has 0 aliphatic carbocycles. The van der Waals surface area contributed by atoms with Crippen molar-refractivity contribution >= 4 is 52.6 Å². The van der Waals surface area contributed by atoms with Crippen LogP contribution in [0.1, 0.15) is 18.9 Å². The maximum atomic E-state index is 15.5. The van der Waals surface area contributed by atoms with Gasteiger partial charge in [-0.1, -0.05) is 0 Å². The van der Waals surface area contributed by atoms with Gasteiger partial charge in [-0.15, -0.1) is 0 Å². The van der Waals surface area contributed by atoms with Crippen LogP contribution in [0.4, 0.5) is 20.5 Å². The number of aliphatic hydroxyl groups excluding tert-OH is 2. The second kappa shape index (κ2) is 11.3. The number of aromatic amines is 1. The van der Waals surface area contributed by atoms with E-state index in [-0.39, 0.29) is 40.5 Å². The zero-order valence-electron chi connectivity index (χ0n) is 21.8. The highest BCUT2D eigenvalue weighted by molar-refractivity contribution is 8.07. The first-order valence-electron chi connectivity index (χ1n) is 12.7. The van der Waals surface area contributed by atoms with E-state index in [2.05, 4.69) is 29.9 Å². The second-order valence-electron chi connectivity index (χ2n) is 9.71. The molecule has 0 spiro atoms. The molecule has 2 aliphatic rings. The maximum absolute atomic E-state index is 15.5. The van der Waals surface area contributed by atoms with E-state index in [4.69, 9.17) is 41.8 Å². The number of fused-ring (bicyclic) bond motifs is 2. The lowest BCUT2D eigenvalue weighted by Crippen LogP contribution is -2.33. The van der Waals surface area contributed by atoms with E-state index in [9.17, 15) is 19.9 Å². The molecule has 4 aromatic rings. The van der Waals surface area contributed by atoms with Gasteiger partial charge in [0.05, 0.1) is 25.4 Å². The number of rotatable bonds is 9. The minimum atomic E-state index is -4.33. The highest BCUT2D eigenvalue weighted by atomic mass is 32.5. The normalized spacial score (nSPS) is 30.8. The second-order valence-corrected chi connectivity index (χ2v) is 12.5. The van der Waals surface area contributed by atoms with Crippen LogP contribution < -0.4 is 17.0 Å². The Balaban J connectivity index is 1.19. The van der Waals surface area contributed by atoms with Crippen molar-refractivity contribution in [2.75, 3.05) is 24.7 Å². The molecule has 232 valence electrons. The fourth-order valence-electron chi connectivity index (χ4n) is 4.99. The average Bonchev–Trinajstić information content (AvgIpc) is 3.71. The summed E-state index contributed by atoms with van der Waals surface area (Å²) in [5.74, 6) is -0.180. The first-order chi connectivity index (χ1) is 20.5. The first kappa shape index (κ1) is 29.8. The number of H-pyrrole nitrogens is 1. The van der Waals surface area contributed by atoms with Crippen molar-refractivity contribution in [3.8, 4) is 0 Å². The summed E-state index contributed by atoms with van der Waals surface area (Å²) in [4.78, 5) is 45.3. The highest BCUT2D eigenvalue weighted by Crippen LogP contribution is 2.51. The molecular formula is C21H25F2N10O8PS. The Hall–Kier alpha value is -3.27. The van der Waals surface area contributed by atoms with Gasteiger partial charge in [-0.25, -0.2) is 28.7 Å². The van der Waals surface area contributed by atoms with Gasteiger partial charge in [0.15, 0.2) is 47.4 Å². The quantitative estimate of drug-likeness (QED) is 0.119. The molecule has 2 saturated heterocycles. The summed E-state index contributed by atoms with van der Waals surface area (Å²) >= 11 is 5.10. The van der Waals surface area contributed by atoms with Crippen LogP contribution in [0.2, 0.25) is 0 Å². The summed E-state index contributed by atoms with van der Waals surface area (Å²) in [6, 6.07) is 0. The van der Waals surface area contributed by atoms with Gasteiger partial charge in [0.25, 0.3) is 5.56 Å². The van der Waals surface area contributed by atoms with Crippen LogP contribution in [0.15, 0.2) is 23.8 Å². The summed E-state index contributed by atoms with van der Waals surface area (Å²) in [7, 11) is 0. The van der Waals surface area contributed by atoms with E-state index in [0.717, 1.165) is 12.7 Å². The third-order valence-corrected chi connectivity index (χ3v) is 8.57. The fourth-order valence-corrected chi connectivity index (χ4v) is 6.40. The van der Waals surface area contributed by atoms with Crippen LogP contribution in [0.25, 0.3) is 22.3 Å². The summed E-state index contributed by atoms with van der Waals surface area (Å²) < 4.78 is 55.4. The molecule has 4 aromatic heterocycles. The van der Waals surface area contributed by atoms with Gasteiger partial charge in [0.2, 0.25) is 5.95 Å². The summed E-state index contributed by atoms with van der Waals surface area (Å²) in [6.45, 7) is -5.41. The van der Waals surface area contributed by atoms with Crippen molar-refractivity contribution in [3.63, 3.8) is 0 Å². The van der Waals surface area contributed by atoms with Gasteiger partial charge >= 0.3 is 6.72 Å². The Morgan fingerprint density at radius 2 is 1.74 bits per heavy atom. The summed E-state index contributed by atoms with van der Waals surface area (Å²) in [6.07, 6.45) is -9.20. The number of aromatic nitrogens is 8. The molecule has 0 amide bonds. The van der Waals surface area contributed by atoms with Crippen molar-refractivity contribution in [1.82, 2.24) is 39.0 Å². The predicted molar refractivity (Wildman–Crippen MR) is 145 cm³/mol.